The molecule has 0 aromatic heterocycles. The summed E-state index contributed by atoms with van der Waals surface area (Å²) in [7, 11) is 1.59. The number of rotatable bonds is 8. The fourth-order valence-corrected chi connectivity index (χ4v) is 2.27. The third-order valence-corrected chi connectivity index (χ3v) is 3.77. The lowest BCUT2D eigenvalue weighted by Gasteiger charge is -2.17. The second-order valence-electron chi connectivity index (χ2n) is 6.27. The van der Waals surface area contributed by atoms with Crippen LogP contribution in [-0.2, 0) is 16.1 Å². The molecule has 5 nitrogen and oxygen atoms in total. The van der Waals surface area contributed by atoms with Crippen LogP contribution in [0.5, 0.6) is 11.5 Å². The van der Waals surface area contributed by atoms with Crippen LogP contribution in [-0.4, -0.2) is 24.5 Å². The number of methoxy groups -OCH3 is 1. The van der Waals surface area contributed by atoms with Crippen molar-refractivity contribution in [2.45, 2.75) is 26.7 Å². The van der Waals surface area contributed by atoms with Crippen LogP contribution < -0.4 is 9.47 Å². The molecule has 0 aliphatic heterocycles. The Morgan fingerprint density at radius 3 is 2.26 bits per heavy atom. The topological polar surface area (TPSA) is 65.0 Å². The number of carbonyl (C=O) groups is 1. The molecule has 2 aromatic rings. The zero-order valence-corrected chi connectivity index (χ0v) is 15.8. The normalized spacial score (nSPS) is 11.6. The average Bonchev–Trinajstić information content (AvgIpc) is 2.63. The van der Waals surface area contributed by atoms with Crippen LogP contribution in [0.25, 0.3) is 11.1 Å². The van der Waals surface area contributed by atoms with E-state index in [1.54, 1.807) is 39.2 Å². The quantitative estimate of drug-likeness (QED) is 0.248. The van der Waals surface area contributed by atoms with Crippen molar-refractivity contribution in [3.8, 4) is 22.6 Å². The molecule has 0 radical (unpaired) electrons. The molecule has 2 rings (SSSR count). The van der Waals surface area contributed by atoms with E-state index in [1.165, 1.54) is 0 Å². The molecule has 1 N–H and O–H groups in total. The summed E-state index contributed by atoms with van der Waals surface area (Å²) < 4.78 is 16.0. The van der Waals surface area contributed by atoms with E-state index in [0.29, 0.717) is 29.3 Å². The fourth-order valence-electron chi connectivity index (χ4n) is 2.27. The highest BCUT2D eigenvalue weighted by Crippen LogP contribution is 2.29. The van der Waals surface area contributed by atoms with Crippen molar-refractivity contribution < 1.29 is 24.1 Å². The molecular formula is C22H24O5. The molecule has 142 valence electrons. The number of aliphatic hydroxyl groups is 1. The molecule has 0 amide bonds. The van der Waals surface area contributed by atoms with Crippen LogP contribution in [0.1, 0.15) is 19.4 Å². The van der Waals surface area contributed by atoms with Crippen molar-refractivity contribution in [2.75, 3.05) is 7.11 Å². The van der Waals surface area contributed by atoms with E-state index in [1.807, 2.05) is 24.3 Å². The standard InChI is InChI=1S/C22H24O5/c1-14(2)21(23)26-19-9-6-16(7-10-19)17-8-11-20(18(12-17)13-25-5)27-22(24)15(3)4/h6-12,22,24H,1,3,13H2,2,4-5H3. The van der Waals surface area contributed by atoms with Gasteiger partial charge in [-0.05, 0) is 54.8 Å². The smallest absolute Gasteiger partial charge is 0.338 e. The first-order valence-corrected chi connectivity index (χ1v) is 8.42. The molecule has 0 heterocycles. The Morgan fingerprint density at radius 2 is 1.70 bits per heavy atom. The maximum atomic E-state index is 11.6. The summed E-state index contributed by atoms with van der Waals surface area (Å²) in [5, 5.41) is 9.89. The van der Waals surface area contributed by atoms with E-state index in [-0.39, 0.29) is 0 Å². The number of hydrogen-bond acceptors (Lipinski definition) is 5. The predicted octanol–water partition coefficient (Wildman–Crippen LogP) is 4.25. The van der Waals surface area contributed by atoms with E-state index in [0.717, 1.165) is 16.7 Å². The molecule has 0 saturated carbocycles. The van der Waals surface area contributed by atoms with Gasteiger partial charge in [0.2, 0.25) is 6.29 Å². The molecule has 0 aliphatic rings. The van der Waals surface area contributed by atoms with Crippen molar-refractivity contribution in [1.29, 1.82) is 0 Å². The van der Waals surface area contributed by atoms with Crippen molar-refractivity contribution in [3.63, 3.8) is 0 Å². The minimum atomic E-state index is -1.08. The summed E-state index contributed by atoms with van der Waals surface area (Å²) >= 11 is 0. The Bertz CT molecular complexity index is 836. The average molecular weight is 368 g/mol. The number of carbonyl (C=O) groups excluding carboxylic acids is 1. The largest absolute Gasteiger partial charge is 0.461 e. The Labute approximate surface area is 159 Å². The molecule has 27 heavy (non-hydrogen) atoms. The molecule has 2 aromatic carbocycles. The van der Waals surface area contributed by atoms with E-state index >= 15 is 0 Å². The molecule has 0 saturated heterocycles. The Balaban J connectivity index is 2.25. The highest BCUT2D eigenvalue weighted by atomic mass is 16.6. The Kier molecular flexibility index (Phi) is 6.93. The summed E-state index contributed by atoms with van der Waals surface area (Å²) in [4.78, 5) is 11.6. The molecule has 5 heteroatoms. The van der Waals surface area contributed by atoms with E-state index in [9.17, 15) is 9.90 Å². The maximum absolute atomic E-state index is 11.6. The van der Waals surface area contributed by atoms with Gasteiger partial charge in [-0.25, -0.2) is 4.79 Å². The van der Waals surface area contributed by atoms with Gasteiger partial charge in [-0.2, -0.15) is 0 Å². The molecular weight excluding hydrogens is 344 g/mol. The maximum Gasteiger partial charge on any atom is 0.338 e. The zero-order valence-electron chi connectivity index (χ0n) is 15.8. The first-order chi connectivity index (χ1) is 12.8. The first-order valence-electron chi connectivity index (χ1n) is 8.42. The lowest BCUT2D eigenvalue weighted by atomic mass is 10.0. The van der Waals surface area contributed by atoms with Gasteiger partial charge in [-0.15, -0.1) is 0 Å². The lowest BCUT2D eigenvalue weighted by molar-refractivity contribution is -0.130. The third-order valence-electron chi connectivity index (χ3n) is 3.77. The molecule has 0 aliphatic carbocycles. The number of ether oxygens (including phenoxy) is 3. The fraction of sp³-hybridized carbons (Fsp3) is 0.227. The van der Waals surface area contributed by atoms with E-state index < -0.39 is 12.3 Å². The summed E-state index contributed by atoms with van der Waals surface area (Å²) in [5.41, 5.74) is 3.54. The monoisotopic (exact) mass is 368 g/mol. The van der Waals surface area contributed by atoms with Gasteiger partial charge in [0.05, 0.1) is 6.61 Å². The summed E-state index contributed by atoms with van der Waals surface area (Å²) in [5.74, 6) is 0.527. The Morgan fingerprint density at radius 1 is 1.07 bits per heavy atom. The van der Waals surface area contributed by atoms with Crippen molar-refractivity contribution >= 4 is 5.97 Å². The minimum absolute atomic E-state index is 0.334. The third kappa shape index (κ3) is 5.54. The highest BCUT2D eigenvalue weighted by molar-refractivity contribution is 5.88. The second kappa shape index (κ2) is 9.16. The molecule has 0 spiro atoms. The number of benzene rings is 2. The van der Waals surface area contributed by atoms with Crippen molar-refractivity contribution in [3.05, 3.63) is 72.3 Å². The van der Waals surface area contributed by atoms with Crippen LogP contribution in [0, 0.1) is 0 Å². The first kappa shape index (κ1) is 20.4. The van der Waals surface area contributed by atoms with Crippen molar-refractivity contribution in [2.24, 2.45) is 0 Å². The van der Waals surface area contributed by atoms with Crippen LogP contribution in [0.15, 0.2) is 66.8 Å². The van der Waals surface area contributed by atoms with Gasteiger partial charge >= 0.3 is 5.97 Å². The van der Waals surface area contributed by atoms with Gasteiger partial charge in [0.1, 0.15) is 11.5 Å². The molecule has 1 unspecified atom stereocenters. The lowest BCUT2D eigenvalue weighted by Crippen LogP contribution is -2.17. The van der Waals surface area contributed by atoms with Gasteiger partial charge in [0.15, 0.2) is 0 Å². The van der Waals surface area contributed by atoms with Gasteiger partial charge in [0, 0.05) is 18.2 Å². The predicted molar refractivity (Wildman–Crippen MR) is 104 cm³/mol. The summed E-state index contributed by atoms with van der Waals surface area (Å²) in [6.45, 7) is 10.9. The van der Waals surface area contributed by atoms with Gasteiger partial charge in [-0.3, -0.25) is 0 Å². The van der Waals surface area contributed by atoms with Gasteiger partial charge < -0.3 is 19.3 Å². The zero-order chi connectivity index (χ0) is 20.0. The number of esters is 1. The Hall–Kier alpha value is -2.89. The SMILES string of the molecule is C=C(C)C(=O)Oc1ccc(-c2ccc(OC(O)C(=C)C)c(COC)c2)cc1. The van der Waals surface area contributed by atoms with E-state index in [2.05, 4.69) is 13.2 Å². The van der Waals surface area contributed by atoms with Crippen LogP contribution in [0.2, 0.25) is 0 Å². The number of aliphatic hydroxyl groups excluding tert-OH is 1. The van der Waals surface area contributed by atoms with E-state index in [4.69, 9.17) is 14.2 Å². The van der Waals surface area contributed by atoms with Crippen LogP contribution >= 0.6 is 0 Å². The van der Waals surface area contributed by atoms with Crippen LogP contribution in [0.3, 0.4) is 0 Å². The van der Waals surface area contributed by atoms with Gasteiger partial charge in [-0.1, -0.05) is 31.4 Å². The van der Waals surface area contributed by atoms with Gasteiger partial charge in [0.25, 0.3) is 0 Å². The number of hydrogen-bond donors (Lipinski definition) is 1. The van der Waals surface area contributed by atoms with Crippen LogP contribution in [0.4, 0.5) is 0 Å². The summed E-state index contributed by atoms with van der Waals surface area (Å²) in [6.07, 6.45) is -1.08. The highest BCUT2D eigenvalue weighted by Gasteiger charge is 2.12. The minimum Gasteiger partial charge on any atom is -0.461 e. The molecule has 1 atom stereocenters. The summed E-state index contributed by atoms with van der Waals surface area (Å²) in [6, 6.07) is 12.8. The molecule has 0 bridgehead atoms. The van der Waals surface area contributed by atoms with Crippen molar-refractivity contribution in [1.82, 2.24) is 0 Å². The second-order valence-corrected chi connectivity index (χ2v) is 6.27. The molecule has 0 fully saturated rings.